The molecule has 0 spiro atoms. The molecule has 5 nitrogen and oxygen atoms in total. The number of carbonyl (C=O) groups excluding carboxylic acids is 1. The molecule has 1 amide bonds. The van der Waals surface area contributed by atoms with E-state index in [1.807, 2.05) is 44.2 Å². The molecular formula is C22H29N3O2. The molecule has 0 radical (unpaired) electrons. The van der Waals surface area contributed by atoms with Gasteiger partial charge in [0.25, 0.3) is 0 Å². The Bertz CT molecular complexity index is 785. The topological polar surface area (TPSA) is 63.2 Å². The van der Waals surface area contributed by atoms with Crippen molar-refractivity contribution in [3.05, 3.63) is 47.7 Å². The van der Waals surface area contributed by atoms with Crippen LogP contribution in [-0.4, -0.2) is 24.0 Å². The number of benzene rings is 1. The molecule has 2 aromatic rings. The highest BCUT2D eigenvalue weighted by Crippen LogP contribution is 2.28. The van der Waals surface area contributed by atoms with Gasteiger partial charge < -0.3 is 15.4 Å². The zero-order valence-electron chi connectivity index (χ0n) is 16.4. The van der Waals surface area contributed by atoms with E-state index in [0.29, 0.717) is 29.9 Å². The molecule has 1 aromatic heterocycles. The van der Waals surface area contributed by atoms with Crippen LogP contribution in [-0.2, 0) is 4.79 Å². The van der Waals surface area contributed by atoms with Crippen molar-refractivity contribution in [2.75, 3.05) is 18.4 Å². The Morgan fingerprint density at radius 1 is 1.33 bits per heavy atom. The first-order valence-corrected chi connectivity index (χ1v) is 9.73. The van der Waals surface area contributed by atoms with Crippen LogP contribution in [0.4, 0.5) is 5.69 Å². The first kappa shape index (κ1) is 19.4. The monoisotopic (exact) mass is 367 g/mol. The van der Waals surface area contributed by atoms with Crippen LogP contribution in [0, 0.1) is 25.7 Å². The minimum absolute atomic E-state index is 0.0524. The highest BCUT2D eigenvalue weighted by atomic mass is 16.5. The van der Waals surface area contributed by atoms with Crippen molar-refractivity contribution in [1.82, 2.24) is 10.3 Å². The predicted octanol–water partition coefficient (Wildman–Crippen LogP) is 4.46. The number of nitrogens with zero attached hydrogens (tertiary/aromatic N) is 1. The standard InChI is InChI=1S/C22H29N3O2/c1-15-8-10-24-22(11-15)27-20-13-19(7-6-16(20)2)25-21(26)12-17(3)18-5-4-9-23-14-18/h6-8,10-11,13,17-18,23H,4-5,9,12,14H2,1-3H3,(H,25,26). The number of hydrogen-bond donors (Lipinski definition) is 2. The fourth-order valence-electron chi connectivity index (χ4n) is 3.50. The average Bonchev–Trinajstić information content (AvgIpc) is 2.65. The quantitative estimate of drug-likeness (QED) is 0.791. The molecule has 1 aromatic carbocycles. The van der Waals surface area contributed by atoms with Gasteiger partial charge >= 0.3 is 0 Å². The summed E-state index contributed by atoms with van der Waals surface area (Å²) in [6.45, 7) is 8.26. The fraction of sp³-hybridized carbons (Fsp3) is 0.455. The lowest BCUT2D eigenvalue weighted by molar-refractivity contribution is -0.117. The van der Waals surface area contributed by atoms with E-state index in [9.17, 15) is 4.79 Å². The summed E-state index contributed by atoms with van der Waals surface area (Å²) < 4.78 is 5.92. The second kappa shape index (κ2) is 9.00. The third-order valence-corrected chi connectivity index (χ3v) is 5.22. The second-order valence-corrected chi connectivity index (χ2v) is 7.59. The minimum Gasteiger partial charge on any atom is -0.439 e. The summed E-state index contributed by atoms with van der Waals surface area (Å²) in [5, 5.41) is 6.44. The van der Waals surface area contributed by atoms with Crippen LogP contribution >= 0.6 is 0 Å². The van der Waals surface area contributed by atoms with Gasteiger partial charge in [0.2, 0.25) is 11.8 Å². The first-order valence-electron chi connectivity index (χ1n) is 9.73. The zero-order valence-corrected chi connectivity index (χ0v) is 16.4. The molecule has 27 heavy (non-hydrogen) atoms. The van der Waals surface area contributed by atoms with Gasteiger partial charge in [-0.1, -0.05) is 13.0 Å². The number of hydrogen-bond acceptors (Lipinski definition) is 4. The maximum absolute atomic E-state index is 12.5. The summed E-state index contributed by atoms with van der Waals surface area (Å²) in [4.78, 5) is 16.7. The van der Waals surface area contributed by atoms with E-state index in [2.05, 4.69) is 22.5 Å². The van der Waals surface area contributed by atoms with E-state index in [1.54, 1.807) is 6.20 Å². The highest BCUT2D eigenvalue weighted by Gasteiger charge is 2.22. The van der Waals surface area contributed by atoms with Crippen LogP contribution < -0.4 is 15.4 Å². The lowest BCUT2D eigenvalue weighted by Crippen LogP contribution is -2.34. The molecule has 1 aliphatic rings. The molecule has 1 saturated heterocycles. The zero-order chi connectivity index (χ0) is 19.2. The van der Waals surface area contributed by atoms with E-state index < -0.39 is 0 Å². The predicted molar refractivity (Wildman–Crippen MR) is 108 cm³/mol. The number of amides is 1. The van der Waals surface area contributed by atoms with Gasteiger partial charge in [0.15, 0.2) is 0 Å². The Hall–Kier alpha value is -2.40. The van der Waals surface area contributed by atoms with Gasteiger partial charge in [-0.2, -0.15) is 0 Å². The summed E-state index contributed by atoms with van der Waals surface area (Å²) in [7, 11) is 0. The molecule has 0 saturated carbocycles. The van der Waals surface area contributed by atoms with Gasteiger partial charge in [-0.05, 0) is 74.9 Å². The van der Waals surface area contributed by atoms with E-state index in [-0.39, 0.29) is 5.91 Å². The maximum Gasteiger partial charge on any atom is 0.224 e. The summed E-state index contributed by atoms with van der Waals surface area (Å²) in [5.41, 5.74) is 2.84. The third-order valence-electron chi connectivity index (χ3n) is 5.22. The van der Waals surface area contributed by atoms with Gasteiger partial charge in [-0.15, -0.1) is 0 Å². The maximum atomic E-state index is 12.5. The Morgan fingerprint density at radius 2 is 2.19 bits per heavy atom. The number of ether oxygens (including phenoxy) is 1. The Morgan fingerprint density at radius 3 is 2.93 bits per heavy atom. The molecule has 144 valence electrons. The van der Waals surface area contributed by atoms with Crippen molar-refractivity contribution in [3.63, 3.8) is 0 Å². The molecule has 2 atom stereocenters. The fourth-order valence-corrected chi connectivity index (χ4v) is 3.50. The SMILES string of the molecule is Cc1ccnc(Oc2cc(NC(=O)CC(C)C3CCCNC3)ccc2C)c1. The largest absolute Gasteiger partial charge is 0.439 e. The van der Waals surface area contributed by atoms with E-state index in [4.69, 9.17) is 4.74 Å². The Labute approximate surface area is 161 Å². The number of piperidine rings is 1. The van der Waals surface area contributed by atoms with E-state index in [0.717, 1.165) is 29.9 Å². The number of aromatic nitrogens is 1. The van der Waals surface area contributed by atoms with Crippen molar-refractivity contribution in [2.45, 2.75) is 40.0 Å². The van der Waals surface area contributed by atoms with Crippen LogP contribution in [0.5, 0.6) is 11.6 Å². The number of nitrogens with one attached hydrogen (secondary N) is 2. The Kier molecular flexibility index (Phi) is 6.45. The summed E-state index contributed by atoms with van der Waals surface area (Å²) in [6.07, 6.45) is 4.67. The van der Waals surface area contributed by atoms with Crippen LogP contribution in [0.3, 0.4) is 0 Å². The van der Waals surface area contributed by atoms with Gasteiger partial charge in [-0.25, -0.2) is 4.98 Å². The molecule has 5 heteroatoms. The number of aryl methyl sites for hydroxylation is 2. The third kappa shape index (κ3) is 5.54. The van der Waals surface area contributed by atoms with Crippen LogP contribution in [0.2, 0.25) is 0 Å². The van der Waals surface area contributed by atoms with Gasteiger partial charge in [0, 0.05) is 30.4 Å². The van der Waals surface area contributed by atoms with Crippen LogP contribution in [0.1, 0.15) is 37.3 Å². The van der Waals surface area contributed by atoms with Gasteiger partial charge in [0.05, 0.1) is 0 Å². The molecule has 2 unspecified atom stereocenters. The number of anilines is 1. The molecule has 1 fully saturated rings. The number of rotatable bonds is 6. The molecule has 1 aliphatic heterocycles. The van der Waals surface area contributed by atoms with Crippen molar-refractivity contribution in [1.29, 1.82) is 0 Å². The van der Waals surface area contributed by atoms with Crippen molar-refractivity contribution >= 4 is 11.6 Å². The molecule has 0 bridgehead atoms. The van der Waals surface area contributed by atoms with Gasteiger partial charge in [0.1, 0.15) is 5.75 Å². The van der Waals surface area contributed by atoms with Crippen LogP contribution in [0.25, 0.3) is 0 Å². The van der Waals surface area contributed by atoms with E-state index in [1.165, 1.54) is 12.8 Å². The molecule has 0 aliphatic carbocycles. The lowest BCUT2D eigenvalue weighted by Gasteiger charge is -2.28. The smallest absolute Gasteiger partial charge is 0.224 e. The molecular weight excluding hydrogens is 338 g/mol. The average molecular weight is 367 g/mol. The molecule has 2 heterocycles. The number of carbonyl (C=O) groups is 1. The second-order valence-electron chi connectivity index (χ2n) is 7.59. The van der Waals surface area contributed by atoms with Gasteiger partial charge in [-0.3, -0.25) is 4.79 Å². The normalized spacial score (nSPS) is 18.0. The summed E-state index contributed by atoms with van der Waals surface area (Å²) >= 11 is 0. The Balaban J connectivity index is 1.62. The first-order chi connectivity index (χ1) is 13.0. The van der Waals surface area contributed by atoms with Crippen molar-refractivity contribution < 1.29 is 9.53 Å². The lowest BCUT2D eigenvalue weighted by atomic mass is 9.85. The highest BCUT2D eigenvalue weighted by molar-refractivity contribution is 5.91. The summed E-state index contributed by atoms with van der Waals surface area (Å²) in [6, 6.07) is 9.56. The number of pyridine rings is 1. The summed E-state index contributed by atoms with van der Waals surface area (Å²) in [5.74, 6) is 2.26. The van der Waals surface area contributed by atoms with E-state index >= 15 is 0 Å². The van der Waals surface area contributed by atoms with Crippen molar-refractivity contribution in [2.24, 2.45) is 11.8 Å². The van der Waals surface area contributed by atoms with Crippen molar-refractivity contribution in [3.8, 4) is 11.6 Å². The molecule has 3 rings (SSSR count). The minimum atomic E-state index is 0.0524. The molecule has 2 N–H and O–H groups in total. The van der Waals surface area contributed by atoms with Crippen LogP contribution in [0.15, 0.2) is 36.5 Å².